The molecule has 1 N–H and O–H groups in total. The van der Waals surface area contributed by atoms with E-state index in [9.17, 15) is 18.8 Å². The molecule has 0 spiro atoms. The Bertz CT molecular complexity index is 1270. The highest BCUT2D eigenvalue weighted by Gasteiger charge is 2.37. The van der Waals surface area contributed by atoms with Crippen LogP contribution in [-0.2, 0) is 14.9 Å². The number of rotatable bonds is 6. The molecule has 3 amide bonds. The van der Waals surface area contributed by atoms with Crippen molar-refractivity contribution in [3.63, 3.8) is 0 Å². The maximum atomic E-state index is 13.3. The van der Waals surface area contributed by atoms with Gasteiger partial charge in [-0.05, 0) is 54.2 Å². The van der Waals surface area contributed by atoms with Gasteiger partial charge >= 0.3 is 12.0 Å². The second kappa shape index (κ2) is 12.2. The molecule has 1 unspecified atom stereocenters. The second-order valence-corrected chi connectivity index (χ2v) is 11.3. The summed E-state index contributed by atoms with van der Waals surface area (Å²) in [6.45, 7) is 11.0. The van der Waals surface area contributed by atoms with Gasteiger partial charge in [-0.3, -0.25) is 14.6 Å². The normalized spacial score (nSPS) is 18.9. The van der Waals surface area contributed by atoms with E-state index in [4.69, 9.17) is 4.74 Å². The molecule has 0 aromatic heterocycles. The van der Waals surface area contributed by atoms with Crippen molar-refractivity contribution in [1.29, 1.82) is 0 Å². The number of carbonyl (C=O) groups is 3. The third-order valence-electron chi connectivity index (χ3n) is 7.52. The number of esters is 1. The van der Waals surface area contributed by atoms with Crippen molar-refractivity contribution in [2.45, 2.75) is 45.6 Å². The first kappa shape index (κ1) is 29.3. The van der Waals surface area contributed by atoms with Crippen molar-refractivity contribution in [3.05, 3.63) is 82.3 Å². The maximum Gasteiger partial charge on any atom is 0.338 e. The van der Waals surface area contributed by atoms with Crippen LogP contribution in [0.1, 0.15) is 61.6 Å². The molecule has 0 radical (unpaired) electrons. The number of benzene rings is 2. The van der Waals surface area contributed by atoms with Crippen LogP contribution in [0.3, 0.4) is 0 Å². The van der Waals surface area contributed by atoms with Crippen LogP contribution in [0.2, 0.25) is 0 Å². The van der Waals surface area contributed by atoms with Gasteiger partial charge < -0.3 is 15.0 Å². The SMILES string of the molecule is CCOC(=O)C1=C(CN2CCCN(C(=O)c3ccc(F)cc3)CC2)N(C)C(=O)NC1c1ccc(C(C)(C)C)cc1. The van der Waals surface area contributed by atoms with E-state index < -0.39 is 12.0 Å². The summed E-state index contributed by atoms with van der Waals surface area (Å²) < 4.78 is 18.8. The Labute approximate surface area is 235 Å². The highest BCUT2D eigenvalue weighted by atomic mass is 19.1. The molecule has 2 heterocycles. The average molecular weight is 551 g/mol. The van der Waals surface area contributed by atoms with Crippen LogP contribution in [-0.4, -0.2) is 79.0 Å². The Morgan fingerprint density at radius 1 is 1.00 bits per heavy atom. The molecule has 8 nitrogen and oxygen atoms in total. The van der Waals surface area contributed by atoms with E-state index in [0.717, 1.165) is 17.5 Å². The van der Waals surface area contributed by atoms with E-state index >= 15 is 0 Å². The molecule has 40 heavy (non-hydrogen) atoms. The fourth-order valence-electron chi connectivity index (χ4n) is 5.14. The lowest BCUT2D eigenvalue weighted by Crippen LogP contribution is -2.49. The molecular weight excluding hydrogens is 511 g/mol. The van der Waals surface area contributed by atoms with Gasteiger partial charge in [0.05, 0.1) is 18.2 Å². The molecule has 2 aromatic carbocycles. The third kappa shape index (κ3) is 6.53. The monoisotopic (exact) mass is 550 g/mol. The van der Waals surface area contributed by atoms with Crippen LogP contribution >= 0.6 is 0 Å². The minimum Gasteiger partial charge on any atom is -0.463 e. The van der Waals surface area contributed by atoms with Gasteiger partial charge in [0.15, 0.2) is 0 Å². The lowest BCUT2D eigenvalue weighted by atomic mass is 9.85. The van der Waals surface area contributed by atoms with Gasteiger partial charge in [0.2, 0.25) is 0 Å². The van der Waals surface area contributed by atoms with E-state index in [1.807, 2.05) is 24.3 Å². The van der Waals surface area contributed by atoms with E-state index in [-0.39, 0.29) is 29.8 Å². The standard InChI is InChI=1S/C31H39FN4O4/c1-6-40-29(38)26-25(34(5)30(39)33-27(26)21-8-12-23(13-9-21)31(2,3)4)20-35-16-7-17-36(19-18-35)28(37)22-10-14-24(32)15-11-22/h8-15,27H,6-7,16-20H2,1-5H3,(H,33,39). The highest BCUT2D eigenvalue weighted by molar-refractivity contribution is 5.95. The molecule has 4 rings (SSSR count). The fraction of sp³-hybridized carbons (Fsp3) is 0.452. The van der Waals surface area contributed by atoms with Crippen LogP contribution < -0.4 is 5.32 Å². The summed E-state index contributed by atoms with van der Waals surface area (Å²) in [5.41, 5.74) is 3.38. The van der Waals surface area contributed by atoms with E-state index in [1.54, 1.807) is 18.9 Å². The number of nitrogens with one attached hydrogen (secondary N) is 1. The van der Waals surface area contributed by atoms with Crippen molar-refractivity contribution < 1.29 is 23.5 Å². The number of hydrogen-bond donors (Lipinski definition) is 1. The lowest BCUT2D eigenvalue weighted by molar-refractivity contribution is -0.139. The first-order valence-electron chi connectivity index (χ1n) is 13.8. The van der Waals surface area contributed by atoms with Crippen molar-refractivity contribution >= 4 is 17.9 Å². The quantitative estimate of drug-likeness (QED) is 0.537. The number of ether oxygens (including phenoxy) is 1. The molecular formula is C31H39FN4O4. The number of urea groups is 1. The van der Waals surface area contributed by atoms with Crippen molar-refractivity contribution in [3.8, 4) is 0 Å². The number of halogens is 1. The summed E-state index contributed by atoms with van der Waals surface area (Å²) in [6, 6.07) is 12.6. The number of hydrogen-bond acceptors (Lipinski definition) is 5. The summed E-state index contributed by atoms with van der Waals surface area (Å²) >= 11 is 0. The Balaban J connectivity index is 1.60. The van der Waals surface area contributed by atoms with Gasteiger partial charge in [-0.25, -0.2) is 14.0 Å². The highest BCUT2D eigenvalue weighted by Crippen LogP contribution is 2.33. The van der Waals surface area contributed by atoms with Crippen LogP contribution in [0.4, 0.5) is 9.18 Å². The predicted octanol–water partition coefficient (Wildman–Crippen LogP) is 4.48. The van der Waals surface area contributed by atoms with E-state index in [0.29, 0.717) is 49.6 Å². The second-order valence-electron chi connectivity index (χ2n) is 11.3. The molecule has 2 aromatic rings. The first-order chi connectivity index (χ1) is 19.0. The molecule has 214 valence electrons. The Kier molecular flexibility index (Phi) is 8.93. The lowest BCUT2D eigenvalue weighted by Gasteiger charge is -2.36. The summed E-state index contributed by atoms with van der Waals surface area (Å²) in [4.78, 5) is 44.9. The molecule has 0 saturated carbocycles. The maximum absolute atomic E-state index is 13.3. The molecule has 1 fully saturated rings. The Hall–Kier alpha value is -3.72. The molecule has 1 atom stereocenters. The number of amides is 3. The molecule has 1 saturated heterocycles. The predicted molar refractivity (Wildman–Crippen MR) is 151 cm³/mol. The van der Waals surface area contributed by atoms with Crippen LogP contribution in [0.5, 0.6) is 0 Å². The molecule has 2 aliphatic heterocycles. The Morgan fingerprint density at radius 2 is 1.68 bits per heavy atom. The van der Waals surface area contributed by atoms with Gasteiger partial charge in [-0.2, -0.15) is 0 Å². The zero-order valence-corrected chi connectivity index (χ0v) is 24.0. The number of nitrogens with zero attached hydrogens (tertiary/aromatic N) is 3. The van der Waals surface area contributed by atoms with E-state index in [2.05, 4.69) is 31.0 Å². The molecule has 0 aliphatic carbocycles. The first-order valence-corrected chi connectivity index (χ1v) is 13.8. The number of likely N-dealkylation sites (N-methyl/N-ethyl adjacent to an activating group) is 1. The van der Waals surface area contributed by atoms with Crippen LogP contribution in [0, 0.1) is 5.82 Å². The van der Waals surface area contributed by atoms with Gasteiger partial charge in [-0.15, -0.1) is 0 Å². The largest absolute Gasteiger partial charge is 0.463 e. The summed E-state index contributed by atoms with van der Waals surface area (Å²) in [5.74, 6) is -0.980. The minimum atomic E-state index is -0.643. The van der Waals surface area contributed by atoms with Crippen LogP contribution in [0.25, 0.3) is 0 Å². The molecule has 0 bridgehead atoms. The number of carbonyl (C=O) groups excluding carboxylic acids is 3. The average Bonchev–Trinajstić information content (AvgIpc) is 3.16. The zero-order chi connectivity index (χ0) is 29.0. The molecule has 2 aliphatic rings. The van der Waals surface area contributed by atoms with E-state index in [1.165, 1.54) is 29.2 Å². The van der Waals surface area contributed by atoms with Crippen molar-refractivity contribution in [1.82, 2.24) is 20.0 Å². The van der Waals surface area contributed by atoms with Gasteiger partial charge in [0.25, 0.3) is 5.91 Å². The molecule has 9 heteroatoms. The van der Waals surface area contributed by atoms with Crippen molar-refractivity contribution in [2.24, 2.45) is 0 Å². The smallest absolute Gasteiger partial charge is 0.338 e. The summed E-state index contributed by atoms with van der Waals surface area (Å²) in [7, 11) is 1.66. The summed E-state index contributed by atoms with van der Waals surface area (Å²) in [5, 5.41) is 2.98. The fourth-order valence-corrected chi connectivity index (χ4v) is 5.14. The van der Waals surface area contributed by atoms with Gasteiger partial charge in [0.1, 0.15) is 5.82 Å². The third-order valence-corrected chi connectivity index (χ3v) is 7.52. The Morgan fingerprint density at radius 3 is 2.30 bits per heavy atom. The zero-order valence-electron chi connectivity index (χ0n) is 24.0. The topological polar surface area (TPSA) is 82.2 Å². The van der Waals surface area contributed by atoms with Gasteiger partial charge in [0, 0.05) is 51.0 Å². The summed E-state index contributed by atoms with van der Waals surface area (Å²) in [6.07, 6.45) is 0.725. The van der Waals surface area contributed by atoms with Gasteiger partial charge in [-0.1, -0.05) is 45.0 Å². The van der Waals surface area contributed by atoms with Crippen molar-refractivity contribution in [2.75, 3.05) is 46.4 Å². The minimum absolute atomic E-state index is 0.0295. The van der Waals surface area contributed by atoms with Crippen LogP contribution in [0.15, 0.2) is 59.8 Å².